The van der Waals surface area contributed by atoms with Crippen molar-refractivity contribution in [2.24, 2.45) is 0 Å². The van der Waals surface area contributed by atoms with Crippen LogP contribution in [-0.2, 0) is 9.13 Å². The number of para-hydroxylation sites is 1. The van der Waals surface area contributed by atoms with Gasteiger partial charge in [0.15, 0.2) is 0 Å². The van der Waals surface area contributed by atoms with Gasteiger partial charge in [0.1, 0.15) is 5.75 Å². The van der Waals surface area contributed by atoms with Gasteiger partial charge in [-0.3, -0.25) is 19.3 Å². The minimum atomic E-state index is -2.79. The zero-order valence-electron chi connectivity index (χ0n) is 20.6. The van der Waals surface area contributed by atoms with E-state index in [9.17, 15) is 9.13 Å². The summed E-state index contributed by atoms with van der Waals surface area (Å²) in [6, 6.07) is 9.43. The third-order valence-electron chi connectivity index (χ3n) is 2.61. The van der Waals surface area contributed by atoms with Gasteiger partial charge < -0.3 is 4.52 Å². The van der Waals surface area contributed by atoms with E-state index in [1.165, 1.54) is 0 Å². The summed E-state index contributed by atoms with van der Waals surface area (Å²) < 4.78 is 29.3. The molecule has 0 aliphatic rings. The number of rotatable bonds is 6. The lowest BCUT2D eigenvalue weighted by atomic mass is 10.1. The van der Waals surface area contributed by atoms with Crippen molar-refractivity contribution >= 4 is 15.0 Å². The Balaban J connectivity index is 0. The van der Waals surface area contributed by atoms with Crippen molar-refractivity contribution in [3.8, 4) is 5.75 Å². The van der Waals surface area contributed by atoms with Crippen LogP contribution in [0.4, 0.5) is 0 Å². The fraction of sp³-hybridized carbons (Fsp3) is 0.714. The van der Waals surface area contributed by atoms with E-state index in [-0.39, 0.29) is 17.1 Å². The standard InChI is InChI=1S/C11H18NO2P.C8H21N2OP.C2H6/c1-11(2,3)12-15(4,13)14-10-8-6-5-7-9-10;1-7(2)9-12(6,11)10-8(3,4)5;1-2/h5-9H,1-4H3,(H,12,13);7H,1-6H3,(H2,9,10,11);1-2H3. The SMILES string of the molecule is CC.CC(C)(C)NP(C)(=O)Oc1ccccc1.CC(C)NP(C)(=O)NC(C)(C)C. The molecule has 0 radical (unpaired) electrons. The first kappa shape index (κ1) is 30.6. The van der Waals surface area contributed by atoms with Crippen LogP contribution in [0.1, 0.15) is 69.2 Å². The average molecular weight is 450 g/mol. The minimum Gasteiger partial charge on any atom is -0.433 e. The minimum absolute atomic E-state index is 0.105. The third kappa shape index (κ3) is 20.4. The van der Waals surface area contributed by atoms with Gasteiger partial charge in [0.2, 0.25) is 7.44 Å². The molecule has 1 rings (SSSR count). The van der Waals surface area contributed by atoms with E-state index < -0.39 is 15.0 Å². The van der Waals surface area contributed by atoms with Gasteiger partial charge in [-0.05, 0) is 67.5 Å². The summed E-state index contributed by atoms with van der Waals surface area (Å²) in [5.74, 6) is 0.625. The fourth-order valence-electron chi connectivity index (χ4n) is 2.48. The molecule has 0 saturated heterocycles. The Morgan fingerprint density at radius 2 is 1.24 bits per heavy atom. The summed E-state index contributed by atoms with van der Waals surface area (Å²) in [6.07, 6.45) is 0. The summed E-state index contributed by atoms with van der Waals surface area (Å²) in [4.78, 5) is 0. The molecular weight excluding hydrogens is 404 g/mol. The van der Waals surface area contributed by atoms with E-state index in [1.54, 1.807) is 25.5 Å². The van der Waals surface area contributed by atoms with E-state index in [4.69, 9.17) is 4.52 Å². The molecule has 0 aliphatic heterocycles. The molecule has 0 amide bonds. The van der Waals surface area contributed by atoms with Crippen LogP contribution in [0.25, 0.3) is 0 Å². The molecule has 29 heavy (non-hydrogen) atoms. The van der Waals surface area contributed by atoms with Crippen LogP contribution in [-0.4, -0.2) is 30.4 Å². The summed E-state index contributed by atoms with van der Waals surface area (Å²) in [5.41, 5.74) is -0.328. The lowest BCUT2D eigenvalue weighted by molar-refractivity contribution is 0.429. The lowest BCUT2D eigenvalue weighted by Crippen LogP contribution is -2.38. The Bertz CT molecular complexity index is 651. The molecule has 0 aliphatic carbocycles. The van der Waals surface area contributed by atoms with Crippen LogP contribution < -0.4 is 19.8 Å². The summed E-state index contributed by atoms with van der Waals surface area (Å²) in [5, 5.41) is 9.07. The Hall–Kier alpha value is -0.640. The molecule has 2 unspecified atom stereocenters. The quantitative estimate of drug-likeness (QED) is 0.430. The molecule has 0 saturated carbocycles. The van der Waals surface area contributed by atoms with E-state index >= 15 is 0 Å². The number of benzene rings is 1. The highest BCUT2D eigenvalue weighted by Gasteiger charge is 2.24. The van der Waals surface area contributed by atoms with Crippen molar-refractivity contribution in [3.05, 3.63) is 30.3 Å². The van der Waals surface area contributed by atoms with Crippen LogP contribution in [0.3, 0.4) is 0 Å². The first-order valence-electron chi connectivity index (χ1n) is 10.2. The molecule has 8 heteroatoms. The Labute approximate surface area is 180 Å². The largest absolute Gasteiger partial charge is 0.433 e. The van der Waals surface area contributed by atoms with Crippen molar-refractivity contribution in [1.29, 1.82) is 0 Å². The average Bonchev–Trinajstić information content (AvgIpc) is 2.43. The smallest absolute Gasteiger partial charge is 0.314 e. The van der Waals surface area contributed by atoms with Crippen LogP contribution in [0.5, 0.6) is 5.75 Å². The van der Waals surface area contributed by atoms with Gasteiger partial charge in [0, 0.05) is 30.4 Å². The van der Waals surface area contributed by atoms with Crippen LogP contribution in [0.2, 0.25) is 0 Å². The predicted molar refractivity (Wildman–Crippen MR) is 130 cm³/mol. The second-order valence-electron chi connectivity index (χ2n) is 9.18. The maximum absolute atomic E-state index is 12.1. The molecule has 2 atom stereocenters. The van der Waals surface area contributed by atoms with Crippen LogP contribution in [0.15, 0.2) is 30.3 Å². The Morgan fingerprint density at radius 1 is 0.828 bits per heavy atom. The highest BCUT2D eigenvalue weighted by molar-refractivity contribution is 7.59. The number of hydrogen-bond acceptors (Lipinski definition) is 3. The molecule has 0 heterocycles. The monoisotopic (exact) mass is 449 g/mol. The van der Waals surface area contributed by atoms with Crippen molar-refractivity contribution in [3.63, 3.8) is 0 Å². The molecule has 3 N–H and O–H groups in total. The number of nitrogens with one attached hydrogen (secondary N) is 3. The molecule has 172 valence electrons. The van der Waals surface area contributed by atoms with Gasteiger partial charge in [-0.15, -0.1) is 0 Å². The topological polar surface area (TPSA) is 79.5 Å². The zero-order valence-corrected chi connectivity index (χ0v) is 22.4. The second kappa shape index (κ2) is 12.9. The van der Waals surface area contributed by atoms with Gasteiger partial charge >= 0.3 is 7.52 Å². The molecule has 1 aromatic rings. The Kier molecular flexibility index (Phi) is 13.6. The predicted octanol–water partition coefficient (Wildman–Crippen LogP) is 6.50. The zero-order chi connectivity index (χ0) is 23.5. The van der Waals surface area contributed by atoms with Crippen molar-refractivity contribution < 1.29 is 13.7 Å². The highest BCUT2D eigenvalue weighted by Crippen LogP contribution is 2.40. The molecule has 0 bridgehead atoms. The maximum atomic E-state index is 12.1. The molecule has 0 aromatic heterocycles. The molecule has 0 spiro atoms. The van der Waals surface area contributed by atoms with Gasteiger partial charge in [-0.25, -0.2) is 5.09 Å². The normalized spacial score (nSPS) is 15.8. The summed E-state index contributed by atoms with van der Waals surface area (Å²) >= 11 is 0. The second-order valence-corrected chi connectivity index (χ2v) is 13.6. The summed E-state index contributed by atoms with van der Waals surface area (Å²) in [6.45, 7) is 23.2. The van der Waals surface area contributed by atoms with E-state index in [2.05, 4.69) is 15.3 Å². The first-order chi connectivity index (χ1) is 12.9. The summed E-state index contributed by atoms with van der Waals surface area (Å²) in [7, 11) is -5.16. The van der Waals surface area contributed by atoms with Crippen LogP contribution in [0, 0.1) is 0 Å². The molecule has 6 nitrogen and oxygen atoms in total. The van der Waals surface area contributed by atoms with Crippen LogP contribution >= 0.6 is 15.0 Å². The lowest BCUT2D eigenvalue weighted by Gasteiger charge is -2.27. The third-order valence-corrected chi connectivity index (χ3v) is 6.36. The fourth-order valence-corrected chi connectivity index (χ4v) is 6.60. The van der Waals surface area contributed by atoms with Crippen molar-refractivity contribution in [1.82, 2.24) is 15.3 Å². The maximum Gasteiger partial charge on any atom is 0.314 e. The van der Waals surface area contributed by atoms with E-state index in [0.717, 1.165) is 0 Å². The molecule has 1 aromatic carbocycles. The van der Waals surface area contributed by atoms with E-state index in [1.807, 2.05) is 87.4 Å². The molecule has 0 fully saturated rings. The highest BCUT2D eigenvalue weighted by atomic mass is 31.2. The van der Waals surface area contributed by atoms with Gasteiger partial charge in [0.25, 0.3) is 0 Å². The molecular formula is C21H45N3O3P2. The van der Waals surface area contributed by atoms with Gasteiger partial charge in [-0.1, -0.05) is 32.0 Å². The first-order valence-corrected chi connectivity index (χ1v) is 14.4. The van der Waals surface area contributed by atoms with Crippen molar-refractivity contribution in [2.45, 2.75) is 86.4 Å². The van der Waals surface area contributed by atoms with E-state index in [0.29, 0.717) is 5.75 Å². The van der Waals surface area contributed by atoms with Gasteiger partial charge in [0.05, 0.1) is 0 Å². The van der Waals surface area contributed by atoms with Gasteiger partial charge in [-0.2, -0.15) is 0 Å². The Morgan fingerprint density at radius 3 is 1.59 bits per heavy atom. The number of hydrogen-bond donors (Lipinski definition) is 3. The van der Waals surface area contributed by atoms with Crippen molar-refractivity contribution in [2.75, 3.05) is 13.3 Å².